The molecule has 3 heteroatoms. The lowest BCUT2D eigenvalue weighted by atomic mass is 10.0. The number of amides is 1. The topological polar surface area (TPSA) is 32.3 Å². The van der Waals surface area contributed by atoms with Crippen molar-refractivity contribution in [2.75, 3.05) is 19.6 Å². The van der Waals surface area contributed by atoms with E-state index in [-0.39, 0.29) is 11.9 Å². The molecule has 0 spiro atoms. The van der Waals surface area contributed by atoms with Crippen LogP contribution in [0.15, 0.2) is 54.6 Å². The van der Waals surface area contributed by atoms with Crippen LogP contribution in [-0.4, -0.2) is 36.5 Å². The van der Waals surface area contributed by atoms with E-state index < -0.39 is 0 Å². The molecular formula is C19H22N2O. The normalized spacial score (nSPS) is 18.2. The van der Waals surface area contributed by atoms with Crippen molar-refractivity contribution in [3.63, 3.8) is 0 Å². The number of nitrogens with one attached hydrogen (secondary N) is 1. The third-order valence-corrected chi connectivity index (χ3v) is 4.30. The molecule has 1 unspecified atom stereocenters. The SMILES string of the molecule is Cc1ccccc1C(=O)N1CCNCC1Cc1ccccc1. The van der Waals surface area contributed by atoms with E-state index in [1.165, 1.54) is 5.56 Å². The van der Waals surface area contributed by atoms with Crippen molar-refractivity contribution in [2.45, 2.75) is 19.4 Å². The van der Waals surface area contributed by atoms with Crippen LogP contribution in [-0.2, 0) is 6.42 Å². The van der Waals surface area contributed by atoms with Crippen LogP contribution in [0.5, 0.6) is 0 Å². The maximum absolute atomic E-state index is 12.9. The smallest absolute Gasteiger partial charge is 0.254 e. The third-order valence-electron chi connectivity index (χ3n) is 4.30. The average molecular weight is 294 g/mol. The van der Waals surface area contributed by atoms with Gasteiger partial charge in [0, 0.05) is 31.2 Å². The van der Waals surface area contributed by atoms with Gasteiger partial charge < -0.3 is 10.2 Å². The van der Waals surface area contributed by atoms with Gasteiger partial charge >= 0.3 is 0 Å². The van der Waals surface area contributed by atoms with Crippen LogP contribution in [0.2, 0.25) is 0 Å². The van der Waals surface area contributed by atoms with Gasteiger partial charge in [0.1, 0.15) is 0 Å². The van der Waals surface area contributed by atoms with Crippen molar-refractivity contribution >= 4 is 5.91 Å². The van der Waals surface area contributed by atoms with Gasteiger partial charge in [-0.05, 0) is 30.5 Å². The van der Waals surface area contributed by atoms with E-state index in [0.29, 0.717) is 0 Å². The van der Waals surface area contributed by atoms with E-state index in [1.807, 2.05) is 42.2 Å². The molecule has 1 heterocycles. The first kappa shape index (κ1) is 14.8. The van der Waals surface area contributed by atoms with Gasteiger partial charge in [-0.3, -0.25) is 4.79 Å². The summed E-state index contributed by atoms with van der Waals surface area (Å²) in [6.45, 7) is 4.49. The molecule has 1 atom stereocenters. The summed E-state index contributed by atoms with van der Waals surface area (Å²) in [6, 6.07) is 18.5. The minimum Gasteiger partial charge on any atom is -0.333 e. The highest BCUT2D eigenvalue weighted by Crippen LogP contribution is 2.17. The number of hydrogen-bond acceptors (Lipinski definition) is 2. The number of rotatable bonds is 3. The van der Waals surface area contributed by atoms with Crippen molar-refractivity contribution in [3.05, 3.63) is 71.3 Å². The largest absolute Gasteiger partial charge is 0.333 e. The van der Waals surface area contributed by atoms with Crippen LogP contribution in [0.25, 0.3) is 0 Å². The van der Waals surface area contributed by atoms with E-state index in [4.69, 9.17) is 0 Å². The molecule has 2 aromatic carbocycles. The first-order valence-electron chi connectivity index (χ1n) is 7.87. The van der Waals surface area contributed by atoms with Crippen LogP contribution < -0.4 is 5.32 Å². The van der Waals surface area contributed by atoms with Crippen molar-refractivity contribution in [1.82, 2.24) is 10.2 Å². The molecule has 114 valence electrons. The Kier molecular flexibility index (Phi) is 4.54. The number of benzene rings is 2. The molecule has 0 bridgehead atoms. The van der Waals surface area contributed by atoms with E-state index in [0.717, 1.165) is 37.2 Å². The highest BCUT2D eigenvalue weighted by Gasteiger charge is 2.27. The Morgan fingerprint density at radius 2 is 1.86 bits per heavy atom. The Morgan fingerprint density at radius 1 is 1.14 bits per heavy atom. The predicted molar refractivity (Wildman–Crippen MR) is 89.0 cm³/mol. The molecule has 1 aliphatic rings. The average Bonchev–Trinajstić information content (AvgIpc) is 2.56. The Hall–Kier alpha value is -2.13. The molecule has 1 fully saturated rings. The number of carbonyl (C=O) groups excluding carboxylic acids is 1. The van der Waals surface area contributed by atoms with Gasteiger partial charge in [0.2, 0.25) is 0 Å². The second kappa shape index (κ2) is 6.75. The molecule has 3 rings (SSSR count). The lowest BCUT2D eigenvalue weighted by Gasteiger charge is -2.36. The first-order chi connectivity index (χ1) is 10.8. The van der Waals surface area contributed by atoms with Crippen LogP contribution in [0.3, 0.4) is 0 Å². The van der Waals surface area contributed by atoms with E-state index in [2.05, 4.69) is 29.6 Å². The molecule has 1 amide bonds. The molecule has 2 aromatic rings. The maximum Gasteiger partial charge on any atom is 0.254 e. The fourth-order valence-electron chi connectivity index (χ4n) is 3.06. The Bertz CT molecular complexity index is 639. The van der Waals surface area contributed by atoms with Crippen LogP contribution >= 0.6 is 0 Å². The summed E-state index contributed by atoms with van der Waals surface area (Å²) >= 11 is 0. The van der Waals surface area contributed by atoms with Gasteiger partial charge in [-0.1, -0.05) is 48.5 Å². The molecule has 0 aliphatic carbocycles. The minimum atomic E-state index is 0.153. The zero-order valence-electron chi connectivity index (χ0n) is 13.0. The van der Waals surface area contributed by atoms with Gasteiger partial charge in [0.15, 0.2) is 0 Å². The first-order valence-corrected chi connectivity index (χ1v) is 7.87. The van der Waals surface area contributed by atoms with Gasteiger partial charge in [0.05, 0.1) is 0 Å². The summed E-state index contributed by atoms with van der Waals surface area (Å²) in [6.07, 6.45) is 0.894. The summed E-state index contributed by atoms with van der Waals surface area (Å²) in [5, 5.41) is 3.41. The zero-order valence-corrected chi connectivity index (χ0v) is 13.0. The number of hydrogen-bond donors (Lipinski definition) is 1. The summed E-state index contributed by atoms with van der Waals surface area (Å²) in [4.78, 5) is 15.0. The van der Waals surface area contributed by atoms with Crippen molar-refractivity contribution in [1.29, 1.82) is 0 Å². The molecule has 22 heavy (non-hydrogen) atoms. The summed E-state index contributed by atoms with van der Waals surface area (Å²) in [5.41, 5.74) is 3.14. The zero-order chi connectivity index (χ0) is 15.4. The van der Waals surface area contributed by atoms with Gasteiger partial charge in [-0.15, -0.1) is 0 Å². The maximum atomic E-state index is 12.9. The number of piperazine rings is 1. The fraction of sp³-hybridized carbons (Fsp3) is 0.316. The second-order valence-corrected chi connectivity index (χ2v) is 5.86. The van der Waals surface area contributed by atoms with Crippen molar-refractivity contribution in [2.24, 2.45) is 0 Å². The molecule has 0 radical (unpaired) electrons. The third kappa shape index (κ3) is 3.20. The van der Waals surface area contributed by atoms with E-state index in [1.54, 1.807) is 0 Å². The van der Waals surface area contributed by atoms with Gasteiger partial charge in [0.25, 0.3) is 5.91 Å². The highest BCUT2D eigenvalue weighted by atomic mass is 16.2. The van der Waals surface area contributed by atoms with Crippen LogP contribution in [0, 0.1) is 6.92 Å². The monoisotopic (exact) mass is 294 g/mol. The summed E-state index contributed by atoms with van der Waals surface area (Å²) in [7, 11) is 0. The molecule has 1 N–H and O–H groups in total. The molecule has 3 nitrogen and oxygen atoms in total. The van der Waals surface area contributed by atoms with E-state index in [9.17, 15) is 4.79 Å². The Balaban J connectivity index is 1.80. The molecule has 1 saturated heterocycles. The quantitative estimate of drug-likeness (QED) is 0.944. The van der Waals surface area contributed by atoms with Crippen molar-refractivity contribution < 1.29 is 4.79 Å². The molecule has 0 aromatic heterocycles. The molecule has 0 saturated carbocycles. The van der Waals surface area contributed by atoms with Crippen LogP contribution in [0.1, 0.15) is 21.5 Å². The number of nitrogens with zero attached hydrogens (tertiary/aromatic N) is 1. The second-order valence-electron chi connectivity index (χ2n) is 5.86. The lowest BCUT2D eigenvalue weighted by molar-refractivity contribution is 0.0635. The number of aryl methyl sites for hydroxylation is 1. The standard InChI is InChI=1S/C19H22N2O/c1-15-7-5-6-10-18(15)19(22)21-12-11-20-14-17(21)13-16-8-3-2-4-9-16/h2-10,17,20H,11-14H2,1H3. The molecule has 1 aliphatic heterocycles. The van der Waals surface area contributed by atoms with Gasteiger partial charge in [-0.2, -0.15) is 0 Å². The summed E-state index contributed by atoms with van der Waals surface area (Å²) in [5.74, 6) is 0.153. The fourth-order valence-corrected chi connectivity index (χ4v) is 3.06. The summed E-state index contributed by atoms with van der Waals surface area (Å²) < 4.78 is 0. The number of carbonyl (C=O) groups is 1. The van der Waals surface area contributed by atoms with E-state index >= 15 is 0 Å². The van der Waals surface area contributed by atoms with Gasteiger partial charge in [-0.25, -0.2) is 0 Å². The Morgan fingerprint density at radius 3 is 2.64 bits per heavy atom. The minimum absolute atomic E-state index is 0.153. The lowest BCUT2D eigenvalue weighted by Crippen LogP contribution is -2.54. The molecular weight excluding hydrogens is 272 g/mol. The van der Waals surface area contributed by atoms with Crippen LogP contribution in [0.4, 0.5) is 0 Å². The van der Waals surface area contributed by atoms with Crippen molar-refractivity contribution in [3.8, 4) is 0 Å². The Labute approximate surface area is 132 Å². The highest BCUT2D eigenvalue weighted by molar-refractivity contribution is 5.96. The predicted octanol–water partition coefficient (Wildman–Crippen LogP) is 2.65.